The van der Waals surface area contributed by atoms with Gasteiger partial charge in [-0.2, -0.15) is 0 Å². The molecule has 3 atom stereocenters. The van der Waals surface area contributed by atoms with Crippen LogP contribution in [0.4, 0.5) is 0 Å². The molecule has 0 radical (unpaired) electrons. The third-order valence-electron chi connectivity index (χ3n) is 9.67. The van der Waals surface area contributed by atoms with Gasteiger partial charge in [-0.3, -0.25) is 18.6 Å². The van der Waals surface area contributed by atoms with Gasteiger partial charge in [0.2, 0.25) is 0 Å². The van der Waals surface area contributed by atoms with E-state index in [0.29, 0.717) is 12.8 Å². The summed E-state index contributed by atoms with van der Waals surface area (Å²) < 4.78 is 32.7. The van der Waals surface area contributed by atoms with E-state index < -0.39 is 51.8 Å². The van der Waals surface area contributed by atoms with Crippen LogP contribution in [0.15, 0.2) is 12.2 Å². The number of allylic oxidation sites excluding steroid dienone is 2. The molecule has 0 saturated carbocycles. The van der Waals surface area contributed by atoms with Gasteiger partial charge in [0.25, 0.3) is 0 Å². The minimum absolute atomic E-state index is 0.178. The Bertz CT molecular complexity index is 915. The summed E-state index contributed by atoms with van der Waals surface area (Å²) in [5, 5.41) is 18.3. The zero-order valence-electron chi connectivity index (χ0n) is 34.7. The predicted octanol–water partition coefficient (Wildman–Crippen LogP) is 11.6. The van der Waals surface area contributed by atoms with E-state index in [2.05, 4.69) is 30.5 Å². The fourth-order valence-corrected chi connectivity index (χ4v) is 7.01. The second-order valence-electron chi connectivity index (χ2n) is 15.1. The van der Waals surface area contributed by atoms with E-state index in [-0.39, 0.29) is 19.4 Å². The summed E-state index contributed by atoms with van der Waals surface area (Å²) in [5.74, 6) is -0.925. The lowest BCUT2D eigenvalue weighted by molar-refractivity contribution is -0.161. The van der Waals surface area contributed by atoms with Crippen LogP contribution in [0.2, 0.25) is 0 Å². The molecule has 0 heterocycles. The largest absolute Gasteiger partial charge is 0.472 e. The zero-order chi connectivity index (χ0) is 39.8. The minimum atomic E-state index is -4.61. The monoisotopic (exact) mass is 791 g/mol. The molecule has 0 aromatic rings. The molecule has 11 heteroatoms. The first kappa shape index (κ1) is 52.7. The number of esters is 2. The highest BCUT2D eigenvalue weighted by Gasteiger charge is 2.27. The van der Waals surface area contributed by atoms with Gasteiger partial charge < -0.3 is 24.6 Å². The van der Waals surface area contributed by atoms with Crippen molar-refractivity contribution >= 4 is 19.8 Å². The Morgan fingerprint density at radius 3 is 1.37 bits per heavy atom. The Balaban J connectivity index is 4.20. The van der Waals surface area contributed by atoms with Crippen molar-refractivity contribution in [2.45, 2.75) is 225 Å². The first-order valence-corrected chi connectivity index (χ1v) is 23.6. The van der Waals surface area contributed by atoms with Gasteiger partial charge in [0.05, 0.1) is 19.8 Å². The van der Waals surface area contributed by atoms with Crippen LogP contribution in [0.25, 0.3) is 0 Å². The van der Waals surface area contributed by atoms with Crippen molar-refractivity contribution in [3.8, 4) is 0 Å². The van der Waals surface area contributed by atoms with E-state index in [1.54, 1.807) is 0 Å². The number of hydrogen-bond acceptors (Lipinski definition) is 9. The highest BCUT2D eigenvalue weighted by Crippen LogP contribution is 2.43. The number of ether oxygens (including phenoxy) is 2. The number of unbranched alkanes of at least 4 members (excludes halogenated alkanes) is 26. The van der Waals surface area contributed by atoms with E-state index in [4.69, 9.17) is 19.1 Å². The van der Waals surface area contributed by atoms with Crippen LogP contribution in [0.3, 0.4) is 0 Å². The van der Waals surface area contributed by atoms with Crippen molar-refractivity contribution in [1.82, 2.24) is 0 Å². The van der Waals surface area contributed by atoms with Crippen LogP contribution < -0.4 is 0 Å². The molecule has 320 valence electrons. The molecule has 3 unspecified atom stereocenters. The number of phosphoric ester groups is 1. The van der Waals surface area contributed by atoms with E-state index in [1.165, 1.54) is 116 Å². The molecule has 0 aromatic heterocycles. The van der Waals surface area contributed by atoms with Crippen LogP contribution in [0.5, 0.6) is 0 Å². The molecule has 3 N–H and O–H groups in total. The average Bonchev–Trinajstić information content (AvgIpc) is 3.16. The van der Waals surface area contributed by atoms with Gasteiger partial charge in [0, 0.05) is 12.8 Å². The molecule has 0 aliphatic rings. The lowest BCUT2D eigenvalue weighted by atomic mass is 10.0. The van der Waals surface area contributed by atoms with E-state index in [9.17, 15) is 24.2 Å². The Hall–Kier alpha value is -1.29. The maximum absolute atomic E-state index is 12.6. The lowest BCUT2D eigenvalue weighted by Gasteiger charge is -2.20. The topological polar surface area (TPSA) is 149 Å². The number of aliphatic hydroxyl groups excluding tert-OH is 2. The van der Waals surface area contributed by atoms with Gasteiger partial charge in [0.15, 0.2) is 6.10 Å². The Kier molecular flexibility index (Phi) is 39.0. The molecule has 0 rings (SSSR count). The highest BCUT2D eigenvalue weighted by atomic mass is 31.2. The van der Waals surface area contributed by atoms with Crippen LogP contribution in [-0.2, 0) is 32.7 Å². The fourth-order valence-electron chi connectivity index (χ4n) is 6.22. The van der Waals surface area contributed by atoms with Crippen molar-refractivity contribution in [3.63, 3.8) is 0 Å². The number of carbonyl (C=O) groups excluding carboxylic acids is 2. The molecule has 0 amide bonds. The molecular weight excluding hydrogens is 707 g/mol. The third kappa shape index (κ3) is 39.0. The van der Waals surface area contributed by atoms with Gasteiger partial charge in [-0.05, 0) is 38.5 Å². The van der Waals surface area contributed by atoms with Crippen LogP contribution in [-0.4, -0.2) is 65.7 Å². The smallest absolute Gasteiger partial charge is 0.462 e. The Morgan fingerprint density at radius 1 is 0.537 bits per heavy atom. The number of carbonyl (C=O) groups is 2. The SMILES string of the molecule is CCCCC/C=C\CCCCCCCC(=O)OC(COC(=O)CCCCCCCCCCCCCCCCCCCCC)COP(=O)(O)OCC(O)CO. The highest BCUT2D eigenvalue weighted by molar-refractivity contribution is 7.47. The second-order valence-corrected chi connectivity index (χ2v) is 16.5. The quantitative estimate of drug-likeness (QED) is 0.0236. The van der Waals surface area contributed by atoms with Gasteiger partial charge in [-0.1, -0.05) is 174 Å². The summed E-state index contributed by atoms with van der Waals surface area (Å²) >= 11 is 0. The first-order chi connectivity index (χ1) is 26.2. The zero-order valence-corrected chi connectivity index (χ0v) is 35.6. The molecular formula is C43H83O10P. The number of phosphoric acid groups is 1. The van der Waals surface area contributed by atoms with Gasteiger partial charge >= 0.3 is 19.8 Å². The third-order valence-corrected chi connectivity index (χ3v) is 10.6. The molecule has 54 heavy (non-hydrogen) atoms. The summed E-state index contributed by atoms with van der Waals surface area (Å²) in [7, 11) is -4.61. The molecule has 0 fully saturated rings. The van der Waals surface area contributed by atoms with Crippen LogP contribution in [0.1, 0.15) is 213 Å². The van der Waals surface area contributed by atoms with Crippen molar-refractivity contribution in [3.05, 3.63) is 12.2 Å². The van der Waals surface area contributed by atoms with Crippen molar-refractivity contribution in [2.24, 2.45) is 0 Å². The molecule has 0 aromatic carbocycles. The summed E-state index contributed by atoms with van der Waals surface area (Å²) in [4.78, 5) is 34.9. The molecule has 0 spiro atoms. The first-order valence-electron chi connectivity index (χ1n) is 22.1. The van der Waals surface area contributed by atoms with Crippen molar-refractivity contribution in [2.75, 3.05) is 26.4 Å². The summed E-state index contributed by atoms with van der Waals surface area (Å²) in [6, 6.07) is 0. The average molecular weight is 791 g/mol. The Morgan fingerprint density at radius 2 is 0.907 bits per heavy atom. The van der Waals surface area contributed by atoms with Gasteiger partial charge in [-0.25, -0.2) is 4.57 Å². The standard InChI is InChI=1S/C43H83O10P/c1-3-5-7-9-11-13-15-17-18-19-20-21-22-23-25-26-28-30-32-34-42(46)50-38-41(39-52-54(48,49)51-37-40(45)36-44)53-43(47)35-33-31-29-27-24-16-14-12-10-8-6-4-2/h12,14,40-41,44-45H,3-11,13,15-39H2,1-2H3,(H,48,49)/b14-12-. The van der Waals surface area contributed by atoms with Crippen molar-refractivity contribution in [1.29, 1.82) is 0 Å². The summed E-state index contributed by atoms with van der Waals surface area (Å²) in [6.45, 7) is 2.37. The molecule has 0 bridgehead atoms. The fraction of sp³-hybridized carbons (Fsp3) is 0.907. The van der Waals surface area contributed by atoms with Gasteiger partial charge in [-0.15, -0.1) is 0 Å². The summed E-state index contributed by atoms with van der Waals surface area (Å²) in [6.07, 6.45) is 37.5. The number of hydrogen-bond donors (Lipinski definition) is 3. The van der Waals surface area contributed by atoms with E-state index in [0.717, 1.165) is 57.8 Å². The Labute approximate surface area is 330 Å². The van der Waals surface area contributed by atoms with Gasteiger partial charge in [0.1, 0.15) is 12.7 Å². The van der Waals surface area contributed by atoms with Crippen LogP contribution in [0, 0.1) is 0 Å². The molecule has 10 nitrogen and oxygen atoms in total. The number of rotatable bonds is 42. The summed E-state index contributed by atoms with van der Waals surface area (Å²) in [5.41, 5.74) is 0. The molecule has 0 saturated heterocycles. The minimum Gasteiger partial charge on any atom is -0.462 e. The maximum Gasteiger partial charge on any atom is 0.472 e. The van der Waals surface area contributed by atoms with E-state index >= 15 is 0 Å². The van der Waals surface area contributed by atoms with E-state index in [1.807, 2.05) is 0 Å². The molecule has 0 aliphatic carbocycles. The second kappa shape index (κ2) is 39.9. The maximum atomic E-state index is 12.6. The normalized spacial score (nSPS) is 13.9. The molecule has 0 aliphatic heterocycles. The lowest BCUT2D eigenvalue weighted by Crippen LogP contribution is -2.29. The predicted molar refractivity (Wildman–Crippen MR) is 219 cm³/mol. The van der Waals surface area contributed by atoms with Crippen LogP contribution >= 0.6 is 7.82 Å². The number of aliphatic hydroxyl groups is 2. The van der Waals surface area contributed by atoms with Crippen molar-refractivity contribution < 1.29 is 47.8 Å².